The maximum Gasteiger partial charge on any atom is 1.00 e. The minimum atomic E-state index is -4.79. The number of pyridine rings is 2. The Hall–Kier alpha value is 0.233. The van der Waals surface area contributed by atoms with Gasteiger partial charge in [-0.1, -0.05) is 34.8 Å². The van der Waals surface area contributed by atoms with Gasteiger partial charge in [0, 0.05) is 39.8 Å². The molecule has 29 heteroatoms. The molecule has 1 aliphatic rings. The van der Waals surface area contributed by atoms with Crippen LogP contribution in [0.5, 0.6) is 0 Å². The molecule has 14 nitrogen and oxygen atoms in total. The number of alkyl halides is 7. The third kappa shape index (κ3) is 22.8. The summed E-state index contributed by atoms with van der Waals surface area (Å²) in [5, 5.41) is 7.27. The van der Waals surface area contributed by atoms with Crippen molar-refractivity contribution < 1.29 is 177 Å². The number of anilines is 2. The molecule has 3 heterocycles. The second kappa shape index (κ2) is 32.2. The molecule has 2 aromatic carbocycles. The fraction of sp³-hybridized carbons (Fsp3) is 0.343. The summed E-state index contributed by atoms with van der Waals surface area (Å²) in [7, 11) is -5.79. The van der Waals surface area contributed by atoms with Crippen molar-refractivity contribution in [1.82, 2.24) is 9.97 Å². The average Bonchev–Trinajstić information content (AvgIpc) is 3.80. The Morgan fingerprint density at radius 2 is 1.27 bits per heavy atom. The van der Waals surface area contributed by atoms with Crippen molar-refractivity contribution in [3.05, 3.63) is 102 Å². The van der Waals surface area contributed by atoms with Gasteiger partial charge in [0.15, 0.2) is 0 Å². The summed E-state index contributed by atoms with van der Waals surface area (Å²) in [5.41, 5.74) is -0.865. The molecule has 1 aliphatic heterocycles. The summed E-state index contributed by atoms with van der Waals surface area (Å²) in [5.74, 6) is 0. The number of benzene rings is 2. The molecule has 0 unspecified atom stereocenters. The molecule has 0 saturated carbocycles. The number of methoxy groups -OCH3 is 2. The molecule has 1 N–H and O–H groups in total. The van der Waals surface area contributed by atoms with Crippen LogP contribution in [0.2, 0.25) is 10.0 Å². The monoisotopic (exact) mass is 1190 g/mol. The van der Waals surface area contributed by atoms with E-state index in [0.717, 1.165) is 41.8 Å². The van der Waals surface area contributed by atoms with Crippen molar-refractivity contribution in [1.29, 1.82) is 0 Å². The van der Waals surface area contributed by atoms with Gasteiger partial charge in [-0.15, -0.1) is 0 Å². The Labute approximate surface area is 484 Å². The average molecular weight is 1200 g/mol. The Morgan fingerprint density at radius 1 is 0.828 bits per heavy atom. The van der Waals surface area contributed by atoms with Crippen LogP contribution in [0.1, 0.15) is 36.5 Å². The number of sulfonamides is 2. The molecule has 64 heavy (non-hydrogen) atoms. The van der Waals surface area contributed by atoms with E-state index in [4.69, 9.17) is 54.3 Å². The van der Waals surface area contributed by atoms with E-state index in [-0.39, 0.29) is 131 Å². The van der Waals surface area contributed by atoms with Crippen LogP contribution in [0.25, 0.3) is 0 Å². The first-order valence-corrected chi connectivity index (χ1v) is 22.5. The standard InChI is InChI=1S/C15H13BrClF3N2O3S.C13H9BrClF3N2O2S.C4H8O.C2H5ClO.CH2O3.2K.H/c1-9-5-13(14(16)21-7-9)22(8-25-2)26(23,24)10-3-4-12(17)11(6-10)15(18,19)20;1-7-4-11(12(14)19-6-7)20-23(21,22)8-2-3-10(15)9(5-8)13(16,17)18;1-2-4-5-3-1;1-4-2-3;2-1-4-3;;;/h3-7H,8H2,1-2H3;2-6,20H,1H3;1-4H2;2H2,1H3;1,3H;;;/q;;;;;2*+1;-1/p-1. The number of aromatic nitrogens is 2. The third-order valence-corrected chi connectivity index (χ3v) is 12.3. The van der Waals surface area contributed by atoms with E-state index in [1.54, 1.807) is 21.0 Å². The predicted molar refractivity (Wildman–Crippen MR) is 225 cm³/mol. The smallest absolute Gasteiger partial charge is 1.00 e. The first-order valence-electron chi connectivity index (χ1n) is 16.7. The molecule has 5 rings (SSSR count). The topological polar surface area (TPSA) is 186 Å². The van der Waals surface area contributed by atoms with Gasteiger partial charge < -0.3 is 25.8 Å². The van der Waals surface area contributed by atoms with Crippen molar-refractivity contribution in [3.63, 3.8) is 0 Å². The van der Waals surface area contributed by atoms with Gasteiger partial charge in [-0.2, -0.15) is 26.3 Å². The van der Waals surface area contributed by atoms with Crippen LogP contribution < -0.4 is 117 Å². The van der Waals surface area contributed by atoms with Crippen LogP contribution in [-0.4, -0.2) is 73.5 Å². The molecule has 0 radical (unpaired) electrons. The van der Waals surface area contributed by atoms with Crippen molar-refractivity contribution in [2.75, 3.05) is 49.3 Å². The molecule has 0 atom stereocenters. The molecular weight excluding hydrogens is 1160 g/mol. The zero-order valence-corrected chi connectivity index (χ0v) is 47.8. The van der Waals surface area contributed by atoms with E-state index >= 15 is 0 Å². The van der Waals surface area contributed by atoms with E-state index < -0.39 is 70.1 Å². The summed E-state index contributed by atoms with van der Waals surface area (Å²) < 4.78 is 146. The molecule has 4 aromatic rings. The van der Waals surface area contributed by atoms with Gasteiger partial charge in [-0.25, -0.2) is 31.1 Å². The minimum Gasteiger partial charge on any atom is -1.00 e. The molecule has 2 aromatic heterocycles. The second-order valence-electron chi connectivity index (χ2n) is 11.7. The summed E-state index contributed by atoms with van der Waals surface area (Å²) in [4.78, 5) is 18.1. The zero-order chi connectivity index (χ0) is 47.5. The summed E-state index contributed by atoms with van der Waals surface area (Å²) in [6.07, 6.45) is -3.98. The number of carbonyl (C=O) groups is 1. The van der Waals surface area contributed by atoms with E-state index in [1.807, 2.05) is 0 Å². The third-order valence-electron chi connectivity index (χ3n) is 7.05. The van der Waals surface area contributed by atoms with Crippen LogP contribution in [0.4, 0.5) is 37.7 Å². The van der Waals surface area contributed by atoms with Crippen molar-refractivity contribution in [2.24, 2.45) is 0 Å². The Balaban J connectivity index is -0.000000896. The normalized spacial score (nSPS) is 12.1. The van der Waals surface area contributed by atoms with E-state index in [1.165, 1.54) is 44.5 Å². The van der Waals surface area contributed by atoms with E-state index in [2.05, 4.69) is 56.2 Å². The molecule has 0 spiro atoms. The number of hydrogen-bond acceptors (Lipinski definition) is 12. The van der Waals surface area contributed by atoms with Gasteiger partial charge in [0.1, 0.15) is 22.0 Å². The number of hydrogen-bond donors (Lipinski definition) is 1. The van der Waals surface area contributed by atoms with Crippen LogP contribution in [0.3, 0.4) is 0 Å². The number of halogens is 11. The number of ether oxygens (including phenoxy) is 3. The fourth-order valence-corrected chi connectivity index (χ4v) is 8.27. The van der Waals surface area contributed by atoms with Gasteiger partial charge in [0.2, 0.25) is 0 Å². The molecule has 0 amide bonds. The molecule has 348 valence electrons. The van der Waals surface area contributed by atoms with Crippen LogP contribution in [0.15, 0.2) is 79.9 Å². The van der Waals surface area contributed by atoms with Crippen molar-refractivity contribution in [2.45, 2.75) is 48.8 Å². The van der Waals surface area contributed by atoms with Crippen LogP contribution in [-0.2, 0) is 56.3 Å². The number of aryl methyl sites for hydroxylation is 2. The predicted octanol–water partition coefficient (Wildman–Crippen LogP) is 3.43. The first kappa shape index (κ1) is 66.3. The molecule has 1 saturated heterocycles. The quantitative estimate of drug-likeness (QED) is 0.0357. The Kier molecular flexibility index (Phi) is 33.3. The first-order chi connectivity index (χ1) is 28.8. The summed E-state index contributed by atoms with van der Waals surface area (Å²) in [6, 6.07) is 8.08. The zero-order valence-electron chi connectivity index (χ0n) is 35.5. The molecule has 0 bridgehead atoms. The van der Waals surface area contributed by atoms with Gasteiger partial charge in [-0.3, -0.25) is 9.52 Å². The number of nitrogens with one attached hydrogen (secondary N) is 1. The molecule has 0 aliphatic carbocycles. The van der Waals surface area contributed by atoms with Crippen molar-refractivity contribution in [3.8, 4) is 0 Å². The number of rotatable bonds is 10. The van der Waals surface area contributed by atoms with Crippen molar-refractivity contribution >= 4 is 105 Å². The van der Waals surface area contributed by atoms with Gasteiger partial charge in [-0.05, 0) is 118 Å². The van der Waals surface area contributed by atoms with Crippen LogP contribution >= 0.6 is 66.7 Å². The maximum absolute atomic E-state index is 13.1. The second-order valence-corrected chi connectivity index (χ2v) is 17.8. The Bertz CT molecular complexity index is 2290. The Morgan fingerprint density at radius 3 is 1.67 bits per heavy atom. The van der Waals surface area contributed by atoms with Gasteiger partial charge in [0.25, 0.3) is 26.5 Å². The van der Waals surface area contributed by atoms with E-state index in [9.17, 15) is 43.2 Å². The number of nitrogens with zero attached hydrogens (tertiary/aromatic N) is 3. The summed E-state index contributed by atoms with van der Waals surface area (Å²) in [6.45, 7) is 4.79. The fourth-order valence-electron chi connectivity index (χ4n) is 4.33. The minimum absolute atomic E-state index is 0. The summed E-state index contributed by atoms with van der Waals surface area (Å²) >= 11 is 22.2. The molecular formula is C35H37Br2Cl3F6K2N4O10S2. The van der Waals surface area contributed by atoms with Gasteiger partial charge in [0.05, 0.1) is 42.3 Å². The largest absolute Gasteiger partial charge is 1.00 e. The number of carbonyl (C=O) groups excluding carboxylic acids is 1. The van der Waals surface area contributed by atoms with E-state index in [0.29, 0.717) is 29.3 Å². The van der Waals surface area contributed by atoms with Crippen LogP contribution in [0, 0.1) is 13.8 Å². The SMILES string of the molecule is C1CCOC1.COCCl.COCN(c1cc(C)cnc1Br)S(=O)(=O)c1ccc(Cl)c(C(F)(F)F)c1.Cc1cnc(Br)c(NS(=O)(=O)c2ccc(Cl)c(C(F)(F)F)c2)c1.O=CO[O-].[H-].[K+].[K+]. The van der Waals surface area contributed by atoms with Gasteiger partial charge >= 0.3 is 115 Å². The molecule has 1 fully saturated rings. The maximum atomic E-state index is 13.1.